The molecular formula is C22H24N2O3. The molecule has 2 amide bonds. The summed E-state index contributed by atoms with van der Waals surface area (Å²) in [6, 6.07) is 15.8. The minimum atomic E-state index is -0.426. The van der Waals surface area contributed by atoms with Crippen LogP contribution in [0.2, 0.25) is 0 Å². The number of amides is 2. The van der Waals surface area contributed by atoms with E-state index in [4.69, 9.17) is 10.2 Å². The highest BCUT2D eigenvalue weighted by molar-refractivity contribution is 5.99. The first kappa shape index (κ1) is 18.7. The third kappa shape index (κ3) is 4.37. The number of fused-ring (bicyclic) bond motifs is 1. The zero-order valence-corrected chi connectivity index (χ0v) is 15.7. The summed E-state index contributed by atoms with van der Waals surface area (Å²) in [5, 5.41) is 0.932. The van der Waals surface area contributed by atoms with Crippen molar-refractivity contribution in [1.82, 2.24) is 4.90 Å². The lowest BCUT2D eigenvalue weighted by Crippen LogP contribution is -2.35. The van der Waals surface area contributed by atoms with E-state index in [0.717, 1.165) is 22.1 Å². The van der Waals surface area contributed by atoms with Crippen LogP contribution in [-0.2, 0) is 11.2 Å². The van der Waals surface area contributed by atoms with Crippen molar-refractivity contribution in [2.24, 2.45) is 5.73 Å². The number of primary amides is 1. The molecule has 0 aliphatic carbocycles. The van der Waals surface area contributed by atoms with E-state index >= 15 is 0 Å². The van der Waals surface area contributed by atoms with Crippen LogP contribution in [0.3, 0.4) is 0 Å². The van der Waals surface area contributed by atoms with Crippen molar-refractivity contribution < 1.29 is 14.0 Å². The Morgan fingerprint density at radius 1 is 1.04 bits per heavy atom. The van der Waals surface area contributed by atoms with Crippen LogP contribution >= 0.6 is 0 Å². The third-order valence-corrected chi connectivity index (χ3v) is 4.72. The summed E-state index contributed by atoms with van der Waals surface area (Å²) in [5.74, 6) is -0.309. The van der Waals surface area contributed by atoms with Crippen molar-refractivity contribution in [2.75, 3.05) is 13.1 Å². The van der Waals surface area contributed by atoms with Crippen LogP contribution in [-0.4, -0.2) is 29.8 Å². The smallest absolute Gasteiger partial charge is 0.289 e. The molecule has 0 bridgehead atoms. The van der Waals surface area contributed by atoms with Crippen LogP contribution in [0.15, 0.2) is 52.9 Å². The second kappa shape index (κ2) is 8.08. The molecule has 0 radical (unpaired) electrons. The molecule has 0 aliphatic heterocycles. The van der Waals surface area contributed by atoms with Gasteiger partial charge in [-0.2, -0.15) is 0 Å². The summed E-state index contributed by atoms with van der Waals surface area (Å²) in [6.45, 7) is 4.64. The summed E-state index contributed by atoms with van der Waals surface area (Å²) in [4.78, 5) is 26.0. The number of hydrogen-bond donors (Lipinski definition) is 1. The van der Waals surface area contributed by atoms with Gasteiger partial charge in [-0.15, -0.1) is 0 Å². The molecule has 140 valence electrons. The number of nitrogens with two attached hydrogens (primary N) is 1. The summed E-state index contributed by atoms with van der Waals surface area (Å²) in [7, 11) is 0. The van der Waals surface area contributed by atoms with Crippen LogP contribution in [0.1, 0.15) is 33.7 Å². The normalized spacial score (nSPS) is 10.9. The minimum Gasteiger partial charge on any atom is -0.451 e. The highest BCUT2D eigenvalue weighted by Gasteiger charge is 2.23. The zero-order chi connectivity index (χ0) is 19.4. The molecule has 27 heavy (non-hydrogen) atoms. The highest BCUT2D eigenvalue weighted by atomic mass is 16.3. The first-order chi connectivity index (χ1) is 13.0. The fourth-order valence-corrected chi connectivity index (χ4v) is 3.15. The minimum absolute atomic E-state index is 0.124. The molecule has 5 nitrogen and oxygen atoms in total. The average molecular weight is 364 g/mol. The SMILES string of the molecule is Cc1ccc2c(C)c(C(=O)N(CCC(N)=O)CCc3ccccc3)oc2c1. The van der Waals surface area contributed by atoms with Gasteiger partial charge >= 0.3 is 0 Å². The molecule has 0 spiro atoms. The second-order valence-corrected chi connectivity index (χ2v) is 6.80. The van der Waals surface area contributed by atoms with Crippen molar-refractivity contribution in [3.8, 4) is 0 Å². The predicted octanol–water partition coefficient (Wildman–Crippen LogP) is 3.61. The molecule has 5 heteroatoms. The Hall–Kier alpha value is -3.08. The number of furan rings is 1. The van der Waals surface area contributed by atoms with Crippen molar-refractivity contribution in [1.29, 1.82) is 0 Å². The van der Waals surface area contributed by atoms with Gasteiger partial charge < -0.3 is 15.1 Å². The van der Waals surface area contributed by atoms with E-state index < -0.39 is 5.91 Å². The van der Waals surface area contributed by atoms with E-state index in [9.17, 15) is 9.59 Å². The molecule has 0 saturated heterocycles. The number of nitrogens with zero attached hydrogens (tertiary/aromatic N) is 1. The monoisotopic (exact) mass is 364 g/mol. The third-order valence-electron chi connectivity index (χ3n) is 4.72. The predicted molar refractivity (Wildman–Crippen MR) is 106 cm³/mol. The molecule has 0 unspecified atom stereocenters. The number of rotatable bonds is 7. The van der Waals surface area contributed by atoms with Gasteiger partial charge in [0.2, 0.25) is 5.91 Å². The lowest BCUT2D eigenvalue weighted by Gasteiger charge is -2.21. The number of carbonyl (C=O) groups excluding carboxylic acids is 2. The Labute approximate surface area is 158 Å². The summed E-state index contributed by atoms with van der Waals surface area (Å²) >= 11 is 0. The van der Waals surface area contributed by atoms with Gasteiger partial charge in [0.25, 0.3) is 5.91 Å². The molecule has 3 aromatic rings. The molecule has 2 aromatic carbocycles. The number of carbonyl (C=O) groups is 2. The fraction of sp³-hybridized carbons (Fsp3) is 0.273. The Bertz CT molecular complexity index is 960. The van der Waals surface area contributed by atoms with Crippen molar-refractivity contribution in [3.05, 3.63) is 71.0 Å². The van der Waals surface area contributed by atoms with E-state index in [2.05, 4.69) is 0 Å². The molecule has 1 aromatic heterocycles. The van der Waals surface area contributed by atoms with Gasteiger partial charge in [0.15, 0.2) is 5.76 Å². The molecule has 1 heterocycles. The van der Waals surface area contributed by atoms with E-state index in [1.807, 2.05) is 62.4 Å². The fourth-order valence-electron chi connectivity index (χ4n) is 3.15. The molecule has 0 atom stereocenters. The molecule has 2 N–H and O–H groups in total. The van der Waals surface area contributed by atoms with E-state index in [1.165, 1.54) is 0 Å². The van der Waals surface area contributed by atoms with Crippen LogP contribution in [0.4, 0.5) is 0 Å². The maximum absolute atomic E-state index is 13.1. The van der Waals surface area contributed by atoms with E-state index in [1.54, 1.807) is 4.90 Å². The first-order valence-electron chi connectivity index (χ1n) is 9.07. The average Bonchev–Trinajstić information content (AvgIpc) is 2.97. The molecule has 0 aliphatic rings. The largest absolute Gasteiger partial charge is 0.451 e. The van der Waals surface area contributed by atoms with Crippen molar-refractivity contribution in [3.63, 3.8) is 0 Å². The van der Waals surface area contributed by atoms with Gasteiger partial charge in [0.05, 0.1) is 0 Å². The van der Waals surface area contributed by atoms with Gasteiger partial charge in [-0.1, -0.05) is 42.5 Å². The van der Waals surface area contributed by atoms with Gasteiger partial charge in [0, 0.05) is 30.5 Å². The first-order valence-corrected chi connectivity index (χ1v) is 9.07. The highest BCUT2D eigenvalue weighted by Crippen LogP contribution is 2.27. The van der Waals surface area contributed by atoms with Crippen LogP contribution in [0.5, 0.6) is 0 Å². The van der Waals surface area contributed by atoms with Gasteiger partial charge in [0.1, 0.15) is 5.58 Å². The molecular weight excluding hydrogens is 340 g/mol. The van der Waals surface area contributed by atoms with E-state index in [-0.39, 0.29) is 18.9 Å². The summed E-state index contributed by atoms with van der Waals surface area (Å²) < 4.78 is 5.87. The molecule has 0 fully saturated rings. The maximum Gasteiger partial charge on any atom is 0.289 e. The number of hydrogen-bond acceptors (Lipinski definition) is 3. The molecule has 0 saturated carbocycles. The quantitative estimate of drug-likeness (QED) is 0.696. The van der Waals surface area contributed by atoms with E-state index in [0.29, 0.717) is 24.3 Å². The summed E-state index contributed by atoms with van der Waals surface area (Å²) in [5.41, 5.74) is 9.02. The lowest BCUT2D eigenvalue weighted by atomic mass is 10.1. The van der Waals surface area contributed by atoms with Crippen molar-refractivity contribution >= 4 is 22.8 Å². The second-order valence-electron chi connectivity index (χ2n) is 6.80. The Morgan fingerprint density at radius 3 is 2.48 bits per heavy atom. The van der Waals surface area contributed by atoms with Gasteiger partial charge in [-0.3, -0.25) is 9.59 Å². The van der Waals surface area contributed by atoms with Crippen LogP contribution < -0.4 is 5.73 Å². The van der Waals surface area contributed by atoms with Crippen molar-refractivity contribution in [2.45, 2.75) is 26.7 Å². The zero-order valence-electron chi connectivity index (χ0n) is 15.7. The topological polar surface area (TPSA) is 76.5 Å². The maximum atomic E-state index is 13.1. The summed E-state index contributed by atoms with van der Waals surface area (Å²) in [6.07, 6.45) is 0.822. The lowest BCUT2D eigenvalue weighted by molar-refractivity contribution is -0.118. The standard InChI is InChI=1S/C22H24N2O3/c1-15-8-9-18-16(2)21(27-19(18)14-15)22(26)24(13-11-20(23)25)12-10-17-6-4-3-5-7-17/h3-9,14H,10-13H2,1-2H3,(H2,23,25). The Morgan fingerprint density at radius 2 is 1.78 bits per heavy atom. The number of aryl methyl sites for hydroxylation is 2. The van der Waals surface area contributed by atoms with Crippen LogP contribution in [0.25, 0.3) is 11.0 Å². The molecule has 3 rings (SSSR count). The van der Waals surface area contributed by atoms with Gasteiger partial charge in [-0.25, -0.2) is 0 Å². The van der Waals surface area contributed by atoms with Crippen LogP contribution in [0, 0.1) is 13.8 Å². The van der Waals surface area contributed by atoms with Gasteiger partial charge in [-0.05, 0) is 37.5 Å². The Balaban J connectivity index is 1.85. The number of benzene rings is 2. The Kier molecular flexibility index (Phi) is 5.60.